The molecular formula is C20H19N2O4S-. The molecule has 1 N–H and O–H groups in total. The molecule has 0 bridgehead atoms. The van der Waals surface area contributed by atoms with Crippen LogP contribution in [-0.4, -0.2) is 29.7 Å². The van der Waals surface area contributed by atoms with Gasteiger partial charge in [0.15, 0.2) is 0 Å². The van der Waals surface area contributed by atoms with Gasteiger partial charge in [0.2, 0.25) is 10.0 Å². The maximum absolute atomic E-state index is 13.3. The summed E-state index contributed by atoms with van der Waals surface area (Å²) in [6.45, 7) is 3.57. The number of nitrogens with zero attached hydrogens (tertiary/aromatic N) is 1. The van der Waals surface area contributed by atoms with E-state index in [-0.39, 0.29) is 11.3 Å². The van der Waals surface area contributed by atoms with Gasteiger partial charge in [-0.15, -0.1) is 0 Å². The number of para-hydroxylation sites is 1. The van der Waals surface area contributed by atoms with Crippen LogP contribution in [0.25, 0.3) is 10.9 Å². The van der Waals surface area contributed by atoms with E-state index < -0.39 is 28.1 Å². The van der Waals surface area contributed by atoms with Gasteiger partial charge in [-0.05, 0) is 44.0 Å². The zero-order chi connectivity index (χ0) is 19.3. The smallest absolute Gasteiger partial charge is 0.244 e. The van der Waals surface area contributed by atoms with Gasteiger partial charge in [0.05, 0.1) is 22.9 Å². The van der Waals surface area contributed by atoms with Crippen molar-refractivity contribution in [3.8, 4) is 0 Å². The van der Waals surface area contributed by atoms with E-state index in [9.17, 15) is 18.3 Å². The minimum absolute atomic E-state index is 0.0666. The first kappa shape index (κ1) is 17.8. The molecule has 27 heavy (non-hydrogen) atoms. The highest BCUT2D eigenvalue weighted by atomic mass is 32.2. The number of benzene rings is 2. The molecule has 0 fully saturated rings. The number of H-pyrrole nitrogens is 1. The third-order valence-corrected chi connectivity index (χ3v) is 7.21. The first-order valence-electron chi connectivity index (χ1n) is 8.71. The molecule has 1 aliphatic rings. The summed E-state index contributed by atoms with van der Waals surface area (Å²) in [4.78, 5) is 15.2. The summed E-state index contributed by atoms with van der Waals surface area (Å²) in [6, 6.07) is 12.0. The van der Waals surface area contributed by atoms with E-state index in [2.05, 4.69) is 4.98 Å². The van der Waals surface area contributed by atoms with Gasteiger partial charge >= 0.3 is 0 Å². The number of rotatable bonds is 3. The maximum atomic E-state index is 13.3. The van der Waals surface area contributed by atoms with Gasteiger partial charge in [-0.1, -0.05) is 35.9 Å². The molecule has 2 aromatic carbocycles. The number of carboxylic acids is 1. The van der Waals surface area contributed by atoms with Crippen LogP contribution in [0, 0.1) is 6.92 Å². The van der Waals surface area contributed by atoms with Gasteiger partial charge in [-0.3, -0.25) is 0 Å². The third-order valence-electron chi connectivity index (χ3n) is 5.22. The molecule has 0 saturated heterocycles. The fourth-order valence-corrected chi connectivity index (χ4v) is 5.61. The molecule has 0 aliphatic carbocycles. The van der Waals surface area contributed by atoms with Crippen molar-refractivity contribution >= 4 is 26.9 Å². The van der Waals surface area contributed by atoms with Crippen molar-refractivity contribution in [2.24, 2.45) is 0 Å². The molecule has 2 heterocycles. The number of carbonyl (C=O) groups is 1. The lowest BCUT2D eigenvalue weighted by Crippen LogP contribution is -2.54. The summed E-state index contributed by atoms with van der Waals surface area (Å²) >= 11 is 0. The Hall–Kier alpha value is -2.64. The highest BCUT2D eigenvalue weighted by Gasteiger charge is 2.42. The monoisotopic (exact) mass is 383 g/mol. The van der Waals surface area contributed by atoms with Crippen LogP contribution >= 0.6 is 0 Å². The Morgan fingerprint density at radius 1 is 1.15 bits per heavy atom. The number of aliphatic carboxylic acids is 1. The highest BCUT2D eigenvalue weighted by Crippen LogP contribution is 2.39. The number of hydrogen-bond acceptors (Lipinski definition) is 4. The van der Waals surface area contributed by atoms with Crippen molar-refractivity contribution in [3.05, 3.63) is 65.4 Å². The van der Waals surface area contributed by atoms with Crippen molar-refractivity contribution in [1.82, 2.24) is 9.29 Å². The predicted octanol–water partition coefficient (Wildman–Crippen LogP) is 1.90. The summed E-state index contributed by atoms with van der Waals surface area (Å²) in [5.41, 5.74) is 3.35. The van der Waals surface area contributed by atoms with Crippen LogP contribution < -0.4 is 5.11 Å². The van der Waals surface area contributed by atoms with Crippen molar-refractivity contribution in [3.63, 3.8) is 0 Å². The maximum Gasteiger partial charge on any atom is 0.244 e. The van der Waals surface area contributed by atoms with Crippen molar-refractivity contribution < 1.29 is 18.3 Å². The molecule has 7 heteroatoms. The molecule has 2 unspecified atom stereocenters. The van der Waals surface area contributed by atoms with E-state index in [1.807, 2.05) is 31.2 Å². The standard InChI is InChI=1S/C20H20N2O4S/c1-12-7-9-14(10-8-12)27(25,26)22-13(2)19-16(11-18(22)20(23)24)15-5-3-4-6-17(15)21-19/h3-10,13,18,21H,11H2,1-2H3,(H,23,24)/p-1. The average Bonchev–Trinajstić information content (AvgIpc) is 3.01. The summed E-state index contributed by atoms with van der Waals surface area (Å²) in [7, 11) is -4.01. The van der Waals surface area contributed by atoms with E-state index in [0.717, 1.165) is 32.0 Å². The van der Waals surface area contributed by atoms with Crippen molar-refractivity contribution in [1.29, 1.82) is 0 Å². The van der Waals surface area contributed by atoms with Crippen LogP contribution in [0.2, 0.25) is 0 Å². The van der Waals surface area contributed by atoms with Gasteiger partial charge < -0.3 is 14.9 Å². The van der Waals surface area contributed by atoms with E-state index in [0.29, 0.717) is 0 Å². The normalized spacial score (nSPS) is 20.5. The molecular weight excluding hydrogens is 364 g/mol. The zero-order valence-corrected chi connectivity index (χ0v) is 15.8. The Kier molecular flexibility index (Phi) is 4.09. The molecule has 1 aromatic heterocycles. The topological polar surface area (TPSA) is 93.3 Å². The first-order valence-corrected chi connectivity index (χ1v) is 10.1. The fraction of sp³-hybridized carbons (Fsp3) is 0.250. The van der Waals surface area contributed by atoms with E-state index >= 15 is 0 Å². The molecule has 0 amide bonds. The van der Waals surface area contributed by atoms with Gasteiger partial charge in [0.1, 0.15) is 0 Å². The molecule has 2 atom stereocenters. The largest absolute Gasteiger partial charge is 0.548 e. The second-order valence-electron chi connectivity index (χ2n) is 6.93. The number of carbonyl (C=O) groups excluding carboxylic acids is 1. The molecule has 1 aliphatic heterocycles. The van der Waals surface area contributed by atoms with Crippen molar-refractivity contribution in [2.75, 3.05) is 0 Å². The van der Waals surface area contributed by atoms with Gasteiger partial charge in [0.25, 0.3) is 0 Å². The molecule has 6 nitrogen and oxygen atoms in total. The molecule has 3 aromatic rings. The summed E-state index contributed by atoms with van der Waals surface area (Å²) in [5, 5.41) is 12.8. The predicted molar refractivity (Wildman–Crippen MR) is 99.4 cm³/mol. The van der Waals surface area contributed by atoms with Crippen LogP contribution in [0.15, 0.2) is 53.4 Å². The second-order valence-corrected chi connectivity index (χ2v) is 8.77. The molecule has 4 rings (SSSR count). The summed E-state index contributed by atoms with van der Waals surface area (Å²) in [6.07, 6.45) is 0.0666. The SMILES string of the molecule is Cc1ccc(S(=O)(=O)N2C(C(=O)[O-])Cc3c([nH]c4ccccc34)C2C)cc1. The van der Waals surface area contributed by atoms with Crippen molar-refractivity contribution in [2.45, 2.75) is 37.2 Å². The molecule has 0 saturated carbocycles. The van der Waals surface area contributed by atoms with Crippen LogP contribution in [0.4, 0.5) is 0 Å². The quantitative estimate of drug-likeness (QED) is 0.748. The lowest BCUT2D eigenvalue weighted by molar-refractivity contribution is -0.311. The minimum Gasteiger partial charge on any atom is -0.548 e. The van der Waals surface area contributed by atoms with E-state index in [1.165, 1.54) is 12.1 Å². The minimum atomic E-state index is -4.01. The summed E-state index contributed by atoms with van der Waals surface area (Å²) < 4.78 is 27.6. The first-order chi connectivity index (χ1) is 12.8. The number of nitrogens with one attached hydrogen (secondary N) is 1. The van der Waals surface area contributed by atoms with Crippen LogP contribution in [0.1, 0.15) is 29.8 Å². The summed E-state index contributed by atoms with van der Waals surface area (Å²) in [5.74, 6) is -1.39. The Morgan fingerprint density at radius 2 is 1.81 bits per heavy atom. The Morgan fingerprint density at radius 3 is 2.48 bits per heavy atom. The van der Waals surface area contributed by atoms with Crippen LogP contribution in [0.3, 0.4) is 0 Å². The van der Waals surface area contributed by atoms with E-state index in [1.54, 1.807) is 19.1 Å². The lowest BCUT2D eigenvalue weighted by Gasteiger charge is -2.39. The van der Waals surface area contributed by atoms with E-state index in [4.69, 9.17) is 0 Å². The fourth-order valence-electron chi connectivity index (χ4n) is 3.87. The highest BCUT2D eigenvalue weighted by molar-refractivity contribution is 7.89. The molecule has 140 valence electrons. The Balaban J connectivity index is 1.88. The number of carboxylic acid groups (broad SMARTS) is 1. The molecule has 0 radical (unpaired) electrons. The zero-order valence-electron chi connectivity index (χ0n) is 15.0. The Bertz CT molecular complexity index is 1130. The van der Waals surface area contributed by atoms with Crippen LogP contribution in [0.5, 0.6) is 0 Å². The number of sulfonamides is 1. The number of fused-ring (bicyclic) bond motifs is 3. The molecule has 0 spiro atoms. The Labute approximate surface area is 157 Å². The van der Waals surface area contributed by atoms with Gasteiger partial charge in [-0.25, -0.2) is 8.42 Å². The average molecular weight is 383 g/mol. The number of hydrogen-bond donors (Lipinski definition) is 1. The van der Waals surface area contributed by atoms with Crippen LogP contribution in [-0.2, 0) is 21.2 Å². The third kappa shape index (κ3) is 2.74. The van der Waals surface area contributed by atoms with Gasteiger partial charge in [0, 0.05) is 16.6 Å². The number of aryl methyl sites for hydroxylation is 1. The van der Waals surface area contributed by atoms with Gasteiger partial charge in [-0.2, -0.15) is 4.31 Å². The second kappa shape index (κ2) is 6.21. The number of aromatic nitrogens is 1. The number of aromatic amines is 1. The lowest BCUT2D eigenvalue weighted by atomic mass is 9.94.